The van der Waals surface area contributed by atoms with E-state index in [-0.39, 0.29) is 33.2 Å². The predicted octanol–water partition coefficient (Wildman–Crippen LogP) is 3.88. The summed E-state index contributed by atoms with van der Waals surface area (Å²) in [6, 6.07) is 13.1. The van der Waals surface area contributed by atoms with Crippen LogP contribution in [0, 0.1) is 0 Å². The third kappa shape index (κ3) is 4.31. The van der Waals surface area contributed by atoms with Crippen LogP contribution in [0.2, 0.25) is 5.02 Å². The highest BCUT2D eigenvalue weighted by Crippen LogP contribution is 2.28. The number of halogens is 3. The van der Waals surface area contributed by atoms with Crippen LogP contribution < -0.4 is 11.3 Å². The van der Waals surface area contributed by atoms with Crippen molar-refractivity contribution in [2.24, 2.45) is 10.7 Å². The van der Waals surface area contributed by atoms with E-state index in [1.165, 1.54) is 10.6 Å². The van der Waals surface area contributed by atoms with Crippen LogP contribution in [0.1, 0.15) is 25.7 Å². The Bertz CT molecular complexity index is 1380. The van der Waals surface area contributed by atoms with Gasteiger partial charge in [-0.05, 0) is 38.1 Å². The van der Waals surface area contributed by atoms with E-state index in [4.69, 9.17) is 17.3 Å². The number of alkyl halides is 2. The Labute approximate surface area is 199 Å². The minimum atomic E-state index is -2.89. The first kappa shape index (κ1) is 23.6. The van der Waals surface area contributed by atoms with Gasteiger partial charge in [0.1, 0.15) is 17.7 Å². The van der Waals surface area contributed by atoms with Gasteiger partial charge < -0.3 is 10.6 Å². The average molecular weight is 486 g/mol. The molecule has 0 radical (unpaired) electrons. The number of nitrogens with two attached hydrogens (primary N) is 1. The fraction of sp³-hybridized carbons (Fsp3) is 0.250. The molecule has 7 nitrogen and oxygen atoms in total. The van der Waals surface area contributed by atoms with Crippen LogP contribution in [-0.2, 0) is 4.79 Å². The molecule has 1 aromatic heterocycles. The van der Waals surface area contributed by atoms with Gasteiger partial charge in [-0.2, -0.15) is 0 Å². The van der Waals surface area contributed by atoms with E-state index in [0.717, 1.165) is 4.90 Å². The van der Waals surface area contributed by atoms with E-state index in [9.17, 15) is 18.4 Å². The molecule has 3 aromatic rings. The fourth-order valence-corrected chi connectivity index (χ4v) is 4.11. The average Bonchev–Trinajstić information content (AvgIpc) is 2.78. The minimum absolute atomic E-state index is 0.0137. The van der Waals surface area contributed by atoms with Crippen LogP contribution in [-0.4, -0.2) is 45.2 Å². The van der Waals surface area contributed by atoms with Gasteiger partial charge in [0.15, 0.2) is 0 Å². The molecule has 0 bridgehead atoms. The molecule has 0 saturated carbocycles. The largest absolute Gasteiger partial charge is 0.383 e. The number of carbonyl (C=O) groups excluding carboxylic acids is 1. The van der Waals surface area contributed by atoms with E-state index in [1.807, 2.05) is 6.07 Å². The molecule has 0 spiro atoms. The molecule has 1 aliphatic heterocycles. The molecule has 176 valence electrons. The molecule has 1 amide bonds. The lowest BCUT2D eigenvalue weighted by atomic mass is 10.1. The number of hydrogen-bond acceptors (Lipinski definition) is 4. The monoisotopic (exact) mass is 485 g/mol. The molecule has 1 atom stereocenters. The molecular weight excluding hydrogens is 464 g/mol. The topological polar surface area (TPSA) is 93.6 Å². The number of para-hydroxylation sites is 1. The highest BCUT2D eigenvalue weighted by atomic mass is 35.5. The van der Waals surface area contributed by atoms with Crippen molar-refractivity contribution in [3.8, 4) is 5.69 Å². The number of benzene rings is 2. The van der Waals surface area contributed by atoms with Crippen molar-refractivity contribution >= 4 is 34.2 Å². The first-order chi connectivity index (χ1) is 16.1. The van der Waals surface area contributed by atoms with Gasteiger partial charge in [0.25, 0.3) is 17.4 Å². The van der Waals surface area contributed by atoms with Gasteiger partial charge in [-0.25, -0.2) is 13.8 Å². The van der Waals surface area contributed by atoms with Crippen molar-refractivity contribution in [1.29, 1.82) is 0 Å². The Hall–Kier alpha value is -3.59. The molecule has 1 aliphatic rings. The van der Waals surface area contributed by atoms with Crippen molar-refractivity contribution < 1.29 is 13.6 Å². The molecule has 2 aromatic carbocycles. The summed E-state index contributed by atoms with van der Waals surface area (Å²) in [6.45, 7) is 1.94. The van der Waals surface area contributed by atoms with E-state index in [1.54, 1.807) is 56.3 Å². The summed E-state index contributed by atoms with van der Waals surface area (Å²) in [7, 11) is 0. The lowest BCUT2D eigenvalue weighted by molar-refractivity contribution is -0.161. The molecule has 2 heterocycles. The quantitative estimate of drug-likeness (QED) is 0.337. The Morgan fingerprint density at radius 1 is 1.21 bits per heavy atom. The van der Waals surface area contributed by atoms with Gasteiger partial charge in [0.05, 0.1) is 40.3 Å². The van der Waals surface area contributed by atoms with Gasteiger partial charge in [-0.3, -0.25) is 19.1 Å². The summed E-state index contributed by atoms with van der Waals surface area (Å²) in [5.74, 6) is -3.36. The summed E-state index contributed by atoms with van der Waals surface area (Å²) in [4.78, 5) is 36.2. The second kappa shape index (κ2) is 8.98. The standard InChI is InChI=1S/C24H22ClF2N5O2/c1-3-16(22(33)31-12-24(26,27)13-31)20(28)29-14(2)21-30-18-11-7-10-17(25)19(18)23(34)32(21)15-8-5-4-6-9-15/h3-11,14H,12-13H2,1-2H3,(H2,28,29)/b16-3+. The molecule has 1 unspecified atom stereocenters. The van der Waals surface area contributed by atoms with Gasteiger partial charge in [-0.15, -0.1) is 0 Å². The van der Waals surface area contributed by atoms with Crippen LogP contribution in [0.15, 0.2) is 70.0 Å². The van der Waals surface area contributed by atoms with Crippen molar-refractivity contribution in [1.82, 2.24) is 14.5 Å². The van der Waals surface area contributed by atoms with E-state index in [0.29, 0.717) is 11.2 Å². The second-order valence-corrected chi connectivity index (χ2v) is 8.40. The number of hydrogen-bond donors (Lipinski definition) is 1. The Balaban J connectivity index is 1.79. The number of allylic oxidation sites excluding steroid dienone is 1. The van der Waals surface area contributed by atoms with Gasteiger partial charge in [-0.1, -0.05) is 41.9 Å². The van der Waals surface area contributed by atoms with Gasteiger partial charge >= 0.3 is 0 Å². The summed E-state index contributed by atoms with van der Waals surface area (Å²) < 4.78 is 27.9. The van der Waals surface area contributed by atoms with E-state index < -0.39 is 31.0 Å². The van der Waals surface area contributed by atoms with Gasteiger partial charge in [0.2, 0.25) is 0 Å². The number of nitrogens with zero attached hydrogens (tertiary/aromatic N) is 4. The first-order valence-electron chi connectivity index (χ1n) is 10.6. The zero-order valence-electron chi connectivity index (χ0n) is 18.5. The number of amides is 1. The highest BCUT2D eigenvalue weighted by molar-refractivity contribution is 6.35. The van der Waals surface area contributed by atoms with Crippen molar-refractivity contribution in [2.75, 3.05) is 13.1 Å². The second-order valence-electron chi connectivity index (χ2n) is 7.99. The van der Waals surface area contributed by atoms with E-state index in [2.05, 4.69) is 9.98 Å². The van der Waals surface area contributed by atoms with Crippen LogP contribution >= 0.6 is 11.6 Å². The zero-order chi connectivity index (χ0) is 24.6. The summed E-state index contributed by atoms with van der Waals surface area (Å²) >= 11 is 6.30. The molecule has 1 saturated heterocycles. The number of likely N-dealkylation sites (tertiary alicyclic amines) is 1. The normalized spacial score (nSPS) is 16.9. The van der Waals surface area contributed by atoms with Crippen LogP contribution in [0.3, 0.4) is 0 Å². The molecule has 2 N–H and O–H groups in total. The number of amidine groups is 1. The molecule has 1 fully saturated rings. The number of aliphatic imine (C=N–C) groups is 1. The maximum Gasteiger partial charge on any atom is 0.282 e. The summed E-state index contributed by atoms with van der Waals surface area (Å²) in [5.41, 5.74) is 6.72. The maximum atomic E-state index is 13.5. The Morgan fingerprint density at radius 3 is 2.50 bits per heavy atom. The summed E-state index contributed by atoms with van der Waals surface area (Å²) in [6.07, 6.45) is 1.43. The van der Waals surface area contributed by atoms with Crippen molar-refractivity contribution in [3.63, 3.8) is 0 Å². The Morgan fingerprint density at radius 2 is 1.88 bits per heavy atom. The number of fused-ring (bicyclic) bond motifs is 1. The van der Waals surface area contributed by atoms with Crippen LogP contribution in [0.4, 0.5) is 8.78 Å². The molecule has 0 aliphatic carbocycles. The number of carbonyl (C=O) groups is 1. The minimum Gasteiger partial charge on any atom is -0.383 e. The maximum absolute atomic E-state index is 13.5. The van der Waals surface area contributed by atoms with Crippen molar-refractivity contribution in [2.45, 2.75) is 25.8 Å². The smallest absolute Gasteiger partial charge is 0.282 e. The number of rotatable bonds is 5. The molecule has 10 heteroatoms. The van der Waals surface area contributed by atoms with Crippen LogP contribution in [0.5, 0.6) is 0 Å². The lowest BCUT2D eigenvalue weighted by Gasteiger charge is -2.39. The van der Waals surface area contributed by atoms with Crippen molar-refractivity contribution in [3.05, 3.63) is 81.4 Å². The first-order valence-corrected chi connectivity index (χ1v) is 10.9. The lowest BCUT2D eigenvalue weighted by Crippen LogP contribution is -2.59. The molecule has 34 heavy (non-hydrogen) atoms. The predicted molar refractivity (Wildman–Crippen MR) is 128 cm³/mol. The SMILES string of the molecule is C/C=C(/C(=O)N1CC(F)(F)C1)C(N)=NC(C)c1nc2cccc(Cl)c2c(=O)n1-c1ccccc1. The van der Waals surface area contributed by atoms with Gasteiger partial charge in [0, 0.05) is 0 Å². The number of aromatic nitrogens is 2. The van der Waals surface area contributed by atoms with E-state index >= 15 is 0 Å². The third-order valence-electron chi connectivity index (χ3n) is 5.52. The Kier molecular flexibility index (Phi) is 6.22. The molecule has 4 rings (SSSR count). The fourth-order valence-electron chi connectivity index (χ4n) is 3.86. The zero-order valence-corrected chi connectivity index (χ0v) is 19.3. The third-order valence-corrected chi connectivity index (χ3v) is 5.84. The van der Waals surface area contributed by atoms with Crippen LogP contribution in [0.25, 0.3) is 16.6 Å². The highest BCUT2D eigenvalue weighted by Gasteiger charge is 2.47. The molecular formula is C24H22ClF2N5O2. The summed E-state index contributed by atoms with van der Waals surface area (Å²) in [5, 5.41) is 0.541.